The minimum Gasteiger partial charge on any atom is -0.497 e. The topological polar surface area (TPSA) is 57.6 Å². The van der Waals surface area contributed by atoms with Crippen molar-refractivity contribution in [1.29, 1.82) is 0 Å². The van der Waals surface area contributed by atoms with Gasteiger partial charge in [0.2, 0.25) is 0 Å². The number of aliphatic hydroxyl groups excluding tert-OH is 1. The van der Waals surface area contributed by atoms with Crippen LogP contribution < -0.4 is 10.1 Å². The maximum absolute atomic E-state index is 10.3. The Bertz CT molecular complexity index is 928. The van der Waals surface area contributed by atoms with Crippen LogP contribution in [0.15, 0.2) is 36.4 Å². The highest BCUT2D eigenvalue weighted by atomic mass is 35.5. The fraction of sp³-hybridized carbons (Fsp3) is 0.381. The number of aromatic nitrogens is 1. The summed E-state index contributed by atoms with van der Waals surface area (Å²) in [6.07, 6.45) is -0.462. The second kappa shape index (κ2) is 8.74. The lowest BCUT2D eigenvalue weighted by Crippen LogP contribution is -2.35. The number of fused-ring (bicyclic) bond motifs is 2. The molecule has 144 valence electrons. The van der Waals surface area contributed by atoms with Crippen LogP contribution in [0.5, 0.6) is 5.75 Å². The van der Waals surface area contributed by atoms with Gasteiger partial charge in [0, 0.05) is 29.9 Å². The number of methoxy groups -OCH3 is 1. The molecule has 1 unspecified atom stereocenters. The number of likely N-dealkylation sites (N-methyl/N-ethyl adjacent to an activating group) is 1. The molecule has 0 saturated heterocycles. The third kappa shape index (κ3) is 4.43. The van der Waals surface area contributed by atoms with E-state index in [0.29, 0.717) is 18.1 Å². The van der Waals surface area contributed by atoms with Crippen molar-refractivity contribution < 1.29 is 9.84 Å². The lowest BCUT2D eigenvalue weighted by Gasteiger charge is -2.22. The van der Waals surface area contributed by atoms with Crippen molar-refractivity contribution in [3.8, 4) is 5.75 Å². The second-order valence-electron chi connectivity index (χ2n) is 6.56. The molecule has 1 aromatic heterocycles. The lowest BCUT2D eigenvalue weighted by molar-refractivity contribution is 0.128. The number of pyridine rings is 1. The molecule has 0 spiro atoms. The minimum absolute atomic E-state index is 0.449. The highest BCUT2D eigenvalue weighted by Crippen LogP contribution is 2.32. The van der Waals surface area contributed by atoms with E-state index in [1.54, 1.807) is 7.11 Å². The highest BCUT2D eigenvalue weighted by molar-refractivity contribution is 6.36. The van der Waals surface area contributed by atoms with Gasteiger partial charge < -0.3 is 20.1 Å². The standard InChI is InChI=1S/C21H26ClN3O2/c1-4-25(5-2)13-15(26)12-23-19-9-8-18(22)17-10-14-6-7-16(27-3)11-20(14)24-21(17)19/h6-11,15,23,26H,4-5,12-13H2,1-3H3. The maximum Gasteiger partial charge on any atom is 0.121 e. The molecule has 27 heavy (non-hydrogen) atoms. The van der Waals surface area contributed by atoms with Crippen LogP contribution in [-0.4, -0.2) is 54.4 Å². The van der Waals surface area contributed by atoms with E-state index in [0.717, 1.165) is 46.3 Å². The number of nitrogens with zero attached hydrogens (tertiary/aromatic N) is 2. The van der Waals surface area contributed by atoms with E-state index >= 15 is 0 Å². The predicted octanol–water partition coefficient (Wildman–Crippen LogP) is 4.16. The third-order valence-corrected chi connectivity index (χ3v) is 5.15. The number of ether oxygens (including phenoxy) is 1. The zero-order valence-electron chi connectivity index (χ0n) is 16.0. The van der Waals surface area contributed by atoms with Crippen molar-refractivity contribution >= 4 is 39.1 Å². The molecule has 6 heteroatoms. The van der Waals surface area contributed by atoms with Crippen molar-refractivity contribution in [2.75, 3.05) is 38.6 Å². The molecule has 1 atom stereocenters. The van der Waals surface area contributed by atoms with Crippen molar-refractivity contribution in [2.24, 2.45) is 0 Å². The van der Waals surface area contributed by atoms with Crippen LogP contribution in [-0.2, 0) is 0 Å². The first-order chi connectivity index (χ1) is 13.0. The quantitative estimate of drug-likeness (QED) is 0.568. The van der Waals surface area contributed by atoms with Gasteiger partial charge in [0.05, 0.1) is 35.0 Å². The Hall–Kier alpha value is -2.08. The largest absolute Gasteiger partial charge is 0.497 e. The van der Waals surface area contributed by atoms with Gasteiger partial charge in [-0.15, -0.1) is 0 Å². The Balaban J connectivity index is 1.90. The van der Waals surface area contributed by atoms with Gasteiger partial charge in [0.15, 0.2) is 0 Å². The SMILES string of the molecule is CCN(CC)CC(O)CNc1ccc(Cl)c2cc3ccc(OC)cc3nc12. The van der Waals surface area contributed by atoms with E-state index in [-0.39, 0.29) is 0 Å². The number of nitrogens with one attached hydrogen (secondary N) is 1. The molecule has 0 saturated carbocycles. The summed E-state index contributed by atoms with van der Waals surface area (Å²) in [4.78, 5) is 7.00. The number of anilines is 1. The fourth-order valence-corrected chi connectivity index (χ4v) is 3.41. The van der Waals surface area contributed by atoms with Crippen LogP contribution in [0.25, 0.3) is 21.8 Å². The molecule has 3 rings (SSSR count). The Morgan fingerprint density at radius 1 is 1.19 bits per heavy atom. The van der Waals surface area contributed by atoms with E-state index < -0.39 is 6.10 Å². The summed E-state index contributed by atoms with van der Waals surface area (Å²) in [6, 6.07) is 11.6. The van der Waals surface area contributed by atoms with E-state index in [9.17, 15) is 5.11 Å². The van der Waals surface area contributed by atoms with Crippen LogP contribution in [0.4, 0.5) is 5.69 Å². The Morgan fingerprint density at radius 2 is 1.96 bits per heavy atom. The minimum atomic E-state index is -0.462. The van der Waals surface area contributed by atoms with E-state index in [2.05, 4.69) is 24.1 Å². The van der Waals surface area contributed by atoms with Gasteiger partial charge in [-0.3, -0.25) is 0 Å². The highest BCUT2D eigenvalue weighted by Gasteiger charge is 2.12. The molecular formula is C21H26ClN3O2. The molecule has 0 aliphatic rings. The summed E-state index contributed by atoms with van der Waals surface area (Å²) >= 11 is 6.41. The molecule has 0 fully saturated rings. The number of aliphatic hydroxyl groups is 1. The summed E-state index contributed by atoms with van der Waals surface area (Å²) in [6.45, 7) is 7.13. The average molecular weight is 388 g/mol. The molecule has 2 aromatic carbocycles. The number of rotatable bonds is 8. The molecule has 0 radical (unpaired) electrons. The van der Waals surface area contributed by atoms with Crippen molar-refractivity contribution in [3.05, 3.63) is 41.4 Å². The number of benzene rings is 2. The maximum atomic E-state index is 10.3. The number of hydrogen-bond donors (Lipinski definition) is 2. The monoisotopic (exact) mass is 387 g/mol. The first-order valence-corrected chi connectivity index (χ1v) is 9.64. The Labute approximate surface area is 164 Å². The summed E-state index contributed by atoms with van der Waals surface area (Å²) in [5.41, 5.74) is 2.49. The molecule has 2 N–H and O–H groups in total. The number of halogens is 1. The van der Waals surface area contributed by atoms with Crippen LogP contribution in [0.2, 0.25) is 5.02 Å². The molecule has 0 aliphatic heterocycles. The predicted molar refractivity (Wildman–Crippen MR) is 113 cm³/mol. The van der Waals surface area contributed by atoms with Gasteiger partial charge in [0.1, 0.15) is 5.75 Å². The van der Waals surface area contributed by atoms with Gasteiger partial charge in [-0.05, 0) is 43.4 Å². The zero-order valence-corrected chi connectivity index (χ0v) is 16.8. The van der Waals surface area contributed by atoms with Crippen LogP contribution >= 0.6 is 11.6 Å². The fourth-order valence-electron chi connectivity index (χ4n) is 3.20. The molecular weight excluding hydrogens is 362 g/mol. The molecule has 0 bridgehead atoms. The molecule has 1 heterocycles. The van der Waals surface area contributed by atoms with Crippen molar-refractivity contribution in [2.45, 2.75) is 20.0 Å². The van der Waals surface area contributed by atoms with Crippen molar-refractivity contribution in [3.63, 3.8) is 0 Å². The van der Waals surface area contributed by atoms with Gasteiger partial charge in [-0.25, -0.2) is 4.98 Å². The summed E-state index contributed by atoms with van der Waals surface area (Å²) < 4.78 is 5.31. The summed E-state index contributed by atoms with van der Waals surface area (Å²) in [7, 11) is 1.64. The summed E-state index contributed by atoms with van der Waals surface area (Å²) in [5, 5.41) is 16.2. The molecule has 0 amide bonds. The second-order valence-corrected chi connectivity index (χ2v) is 6.97. The Morgan fingerprint density at radius 3 is 2.67 bits per heavy atom. The zero-order chi connectivity index (χ0) is 19.4. The lowest BCUT2D eigenvalue weighted by atomic mass is 10.1. The Kier molecular flexibility index (Phi) is 6.37. The number of hydrogen-bond acceptors (Lipinski definition) is 5. The van der Waals surface area contributed by atoms with Crippen LogP contribution in [0.3, 0.4) is 0 Å². The summed E-state index contributed by atoms with van der Waals surface area (Å²) in [5.74, 6) is 0.764. The molecule has 5 nitrogen and oxygen atoms in total. The normalized spacial score (nSPS) is 12.7. The van der Waals surface area contributed by atoms with Crippen molar-refractivity contribution in [1.82, 2.24) is 9.88 Å². The van der Waals surface area contributed by atoms with Crippen LogP contribution in [0.1, 0.15) is 13.8 Å². The third-order valence-electron chi connectivity index (χ3n) is 4.83. The first kappa shape index (κ1) is 19.7. The van der Waals surface area contributed by atoms with Crippen LogP contribution in [0, 0.1) is 0 Å². The first-order valence-electron chi connectivity index (χ1n) is 9.27. The van der Waals surface area contributed by atoms with E-state index in [4.69, 9.17) is 21.3 Å². The smallest absolute Gasteiger partial charge is 0.121 e. The van der Waals surface area contributed by atoms with E-state index in [1.165, 1.54) is 0 Å². The van der Waals surface area contributed by atoms with Gasteiger partial charge in [-0.2, -0.15) is 0 Å². The van der Waals surface area contributed by atoms with E-state index in [1.807, 2.05) is 36.4 Å². The molecule has 0 aliphatic carbocycles. The molecule has 3 aromatic rings. The van der Waals surface area contributed by atoms with Gasteiger partial charge in [0.25, 0.3) is 0 Å². The average Bonchev–Trinajstić information content (AvgIpc) is 2.70. The van der Waals surface area contributed by atoms with Gasteiger partial charge in [-0.1, -0.05) is 25.4 Å². The van der Waals surface area contributed by atoms with Gasteiger partial charge >= 0.3 is 0 Å².